The molecule has 20 heavy (non-hydrogen) atoms. The quantitative estimate of drug-likeness (QED) is 0.918. The molecule has 0 radical (unpaired) electrons. The number of anilines is 1. The van der Waals surface area contributed by atoms with Crippen LogP contribution in [0, 0.1) is 0 Å². The molecule has 1 saturated heterocycles. The molecule has 110 valence electrons. The van der Waals surface area contributed by atoms with Crippen molar-refractivity contribution in [3.63, 3.8) is 0 Å². The first-order valence-electron chi connectivity index (χ1n) is 8.13. The lowest BCUT2D eigenvalue weighted by Gasteiger charge is -2.36. The monoisotopic (exact) mass is 273 g/mol. The molecule has 1 unspecified atom stereocenters. The first kappa shape index (κ1) is 13.9. The zero-order valence-electron chi connectivity index (χ0n) is 12.6. The molecule has 0 spiro atoms. The maximum atomic E-state index is 6.28. The SMILES string of the molecule is CCCN1CCN(c2ccc3c(c2)C(N)CCC3)CC1. The molecule has 2 N–H and O–H groups in total. The standard InChI is InChI=1S/C17H27N3/c1-2-8-19-9-11-20(12-10-19)15-7-6-14-4-3-5-17(18)16(14)13-15/h6-7,13,17H,2-5,8-12,18H2,1H3. The summed E-state index contributed by atoms with van der Waals surface area (Å²) < 4.78 is 0. The van der Waals surface area contributed by atoms with Crippen LogP contribution < -0.4 is 10.6 Å². The van der Waals surface area contributed by atoms with Gasteiger partial charge >= 0.3 is 0 Å². The molecular weight excluding hydrogens is 246 g/mol. The number of nitrogens with two attached hydrogens (primary N) is 1. The van der Waals surface area contributed by atoms with Gasteiger partial charge in [0, 0.05) is 37.9 Å². The van der Waals surface area contributed by atoms with E-state index in [1.807, 2.05) is 0 Å². The number of hydrogen-bond acceptors (Lipinski definition) is 3. The third-order valence-corrected chi connectivity index (χ3v) is 4.77. The molecule has 1 aliphatic heterocycles. The van der Waals surface area contributed by atoms with Gasteiger partial charge in [-0.05, 0) is 55.5 Å². The minimum atomic E-state index is 0.250. The Kier molecular flexibility index (Phi) is 4.27. The average Bonchev–Trinajstić information content (AvgIpc) is 2.49. The fourth-order valence-electron chi connectivity index (χ4n) is 3.57. The van der Waals surface area contributed by atoms with Crippen molar-refractivity contribution in [2.24, 2.45) is 5.73 Å². The van der Waals surface area contributed by atoms with Crippen molar-refractivity contribution in [3.8, 4) is 0 Å². The predicted molar refractivity (Wildman–Crippen MR) is 85.3 cm³/mol. The van der Waals surface area contributed by atoms with Gasteiger partial charge in [-0.3, -0.25) is 4.90 Å². The lowest BCUT2D eigenvalue weighted by molar-refractivity contribution is 0.258. The maximum Gasteiger partial charge on any atom is 0.0370 e. The van der Waals surface area contributed by atoms with Crippen molar-refractivity contribution in [2.75, 3.05) is 37.6 Å². The van der Waals surface area contributed by atoms with Crippen LogP contribution >= 0.6 is 0 Å². The Bertz CT molecular complexity index is 450. The van der Waals surface area contributed by atoms with Crippen molar-refractivity contribution in [3.05, 3.63) is 29.3 Å². The van der Waals surface area contributed by atoms with Crippen LogP contribution in [0.5, 0.6) is 0 Å². The summed E-state index contributed by atoms with van der Waals surface area (Å²) in [6.45, 7) is 8.18. The third-order valence-electron chi connectivity index (χ3n) is 4.77. The summed E-state index contributed by atoms with van der Waals surface area (Å²) in [5.74, 6) is 0. The predicted octanol–water partition coefficient (Wildman–Crippen LogP) is 2.55. The van der Waals surface area contributed by atoms with Crippen molar-refractivity contribution < 1.29 is 0 Å². The van der Waals surface area contributed by atoms with Crippen LogP contribution in [-0.2, 0) is 6.42 Å². The Hall–Kier alpha value is -1.06. The number of benzene rings is 1. The number of aryl methyl sites for hydroxylation is 1. The largest absolute Gasteiger partial charge is 0.369 e. The van der Waals surface area contributed by atoms with Crippen molar-refractivity contribution >= 4 is 5.69 Å². The first-order valence-corrected chi connectivity index (χ1v) is 8.13. The van der Waals surface area contributed by atoms with E-state index in [1.165, 1.54) is 55.7 Å². The van der Waals surface area contributed by atoms with Crippen LogP contribution in [0.15, 0.2) is 18.2 Å². The highest BCUT2D eigenvalue weighted by Crippen LogP contribution is 2.31. The van der Waals surface area contributed by atoms with Crippen LogP contribution in [0.3, 0.4) is 0 Å². The molecule has 1 aliphatic carbocycles. The molecular formula is C17H27N3. The van der Waals surface area contributed by atoms with Crippen LogP contribution in [0.4, 0.5) is 5.69 Å². The third kappa shape index (κ3) is 2.84. The molecule has 1 aromatic rings. The Morgan fingerprint density at radius 3 is 2.75 bits per heavy atom. The number of piperazine rings is 1. The molecule has 3 rings (SSSR count). The van der Waals surface area contributed by atoms with E-state index in [0.717, 1.165) is 19.5 Å². The van der Waals surface area contributed by atoms with E-state index >= 15 is 0 Å². The van der Waals surface area contributed by atoms with Crippen LogP contribution in [0.25, 0.3) is 0 Å². The van der Waals surface area contributed by atoms with Gasteiger partial charge in [0.2, 0.25) is 0 Å². The van der Waals surface area contributed by atoms with Gasteiger partial charge in [0.15, 0.2) is 0 Å². The van der Waals surface area contributed by atoms with E-state index in [-0.39, 0.29) is 6.04 Å². The van der Waals surface area contributed by atoms with Gasteiger partial charge in [-0.2, -0.15) is 0 Å². The van der Waals surface area contributed by atoms with Crippen molar-refractivity contribution in [2.45, 2.75) is 38.6 Å². The van der Waals surface area contributed by atoms with E-state index in [2.05, 4.69) is 34.9 Å². The molecule has 0 amide bonds. The van der Waals surface area contributed by atoms with E-state index in [1.54, 1.807) is 0 Å². The second-order valence-corrected chi connectivity index (χ2v) is 6.21. The summed E-state index contributed by atoms with van der Waals surface area (Å²) in [5.41, 5.74) is 10.5. The Morgan fingerprint density at radius 1 is 1.20 bits per heavy atom. The van der Waals surface area contributed by atoms with Crippen LogP contribution in [0.2, 0.25) is 0 Å². The van der Waals surface area contributed by atoms with Gasteiger partial charge in [0.25, 0.3) is 0 Å². The smallest absolute Gasteiger partial charge is 0.0370 e. The highest BCUT2D eigenvalue weighted by Gasteiger charge is 2.20. The van der Waals surface area contributed by atoms with Crippen LogP contribution in [0.1, 0.15) is 43.4 Å². The summed E-state index contributed by atoms with van der Waals surface area (Å²) >= 11 is 0. The topological polar surface area (TPSA) is 32.5 Å². The van der Waals surface area contributed by atoms with E-state index in [4.69, 9.17) is 5.73 Å². The lowest BCUT2D eigenvalue weighted by Crippen LogP contribution is -2.46. The molecule has 0 bridgehead atoms. The van der Waals surface area contributed by atoms with Gasteiger partial charge in [-0.15, -0.1) is 0 Å². The van der Waals surface area contributed by atoms with E-state index < -0.39 is 0 Å². The molecule has 0 saturated carbocycles. The highest BCUT2D eigenvalue weighted by atomic mass is 15.3. The molecule has 1 atom stereocenters. The Morgan fingerprint density at radius 2 is 2.00 bits per heavy atom. The van der Waals surface area contributed by atoms with Crippen molar-refractivity contribution in [1.29, 1.82) is 0 Å². The highest BCUT2D eigenvalue weighted by molar-refractivity contribution is 5.53. The zero-order chi connectivity index (χ0) is 13.9. The normalized spacial score (nSPS) is 23.7. The fraction of sp³-hybridized carbons (Fsp3) is 0.647. The minimum absolute atomic E-state index is 0.250. The van der Waals surface area contributed by atoms with E-state index in [9.17, 15) is 0 Å². The summed E-state index contributed by atoms with van der Waals surface area (Å²) in [5, 5.41) is 0. The second kappa shape index (κ2) is 6.15. The summed E-state index contributed by atoms with van der Waals surface area (Å²) in [4.78, 5) is 5.09. The Labute approximate surface area is 122 Å². The number of fused-ring (bicyclic) bond motifs is 1. The molecule has 1 aromatic carbocycles. The summed E-state index contributed by atoms with van der Waals surface area (Å²) in [7, 11) is 0. The van der Waals surface area contributed by atoms with Gasteiger partial charge in [0.05, 0.1) is 0 Å². The molecule has 0 aromatic heterocycles. The maximum absolute atomic E-state index is 6.28. The van der Waals surface area contributed by atoms with Crippen LogP contribution in [-0.4, -0.2) is 37.6 Å². The number of hydrogen-bond donors (Lipinski definition) is 1. The molecule has 3 nitrogen and oxygen atoms in total. The average molecular weight is 273 g/mol. The fourth-order valence-corrected chi connectivity index (χ4v) is 3.57. The minimum Gasteiger partial charge on any atom is -0.369 e. The lowest BCUT2D eigenvalue weighted by atomic mass is 9.88. The summed E-state index contributed by atoms with van der Waals surface area (Å²) in [6, 6.07) is 7.21. The molecule has 2 aliphatic rings. The first-order chi connectivity index (χ1) is 9.78. The second-order valence-electron chi connectivity index (χ2n) is 6.21. The number of rotatable bonds is 3. The van der Waals surface area contributed by atoms with Gasteiger partial charge < -0.3 is 10.6 Å². The van der Waals surface area contributed by atoms with Crippen molar-refractivity contribution in [1.82, 2.24) is 4.90 Å². The Balaban J connectivity index is 1.71. The number of nitrogens with zero attached hydrogens (tertiary/aromatic N) is 2. The van der Waals surface area contributed by atoms with E-state index in [0.29, 0.717) is 0 Å². The molecule has 1 heterocycles. The summed E-state index contributed by atoms with van der Waals surface area (Å²) in [6.07, 6.45) is 4.84. The molecule has 1 fully saturated rings. The zero-order valence-corrected chi connectivity index (χ0v) is 12.6. The molecule has 3 heteroatoms. The van der Waals surface area contributed by atoms with Gasteiger partial charge in [0.1, 0.15) is 0 Å². The van der Waals surface area contributed by atoms with Gasteiger partial charge in [-0.25, -0.2) is 0 Å². The van der Waals surface area contributed by atoms with Gasteiger partial charge in [-0.1, -0.05) is 13.0 Å².